The molecule has 1 aliphatic rings. The molecule has 1 amide bonds. The van der Waals surface area contributed by atoms with Crippen molar-refractivity contribution in [3.05, 3.63) is 35.4 Å². The van der Waals surface area contributed by atoms with Crippen LogP contribution in [0.3, 0.4) is 0 Å². The number of carbonyl (C=O) groups excluding carboxylic acids is 1. The van der Waals surface area contributed by atoms with Crippen LogP contribution in [0, 0.1) is 17.6 Å². The second kappa shape index (κ2) is 7.50. The fourth-order valence-electron chi connectivity index (χ4n) is 3.00. The first-order valence-corrected chi connectivity index (χ1v) is 7.53. The van der Waals surface area contributed by atoms with Gasteiger partial charge in [0.25, 0.3) is 0 Å². The minimum atomic E-state index is -0.928. The van der Waals surface area contributed by atoms with Crippen molar-refractivity contribution in [3.63, 3.8) is 0 Å². The van der Waals surface area contributed by atoms with Gasteiger partial charge in [-0.15, -0.1) is 0 Å². The van der Waals surface area contributed by atoms with Crippen LogP contribution in [0.5, 0.6) is 0 Å². The number of rotatable bonds is 5. The standard InChI is InChI=1S/C16H22F2N2O/c17-13-7-6-11(8-14(13)18)9-16(21)20-15(10-19)12-4-2-1-3-5-12/h6-8,12,15H,1-5,9-10,19H2,(H,20,21). The van der Waals surface area contributed by atoms with Crippen LogP contribution in [0.15, 0.2) is 18.2 Å². The molecule has 116 valence electrons. The molecule has 5 heteroatoms. The lowest BCUT2D eigenvalue weighted by atomic mass is 9.84. The molecule has 1 fully saturated rings. The summed E-state index contributed by atoms with van der Waals surface area (Å²) in [6.07, 6.45) is 5.83. The molecule has 1 saturated carbocycles. The van der Waals surface area contributed by atoms with E-state index < -0.39 is 11.6 Å². The topological polar surface area (TPSA) is 55.1 Å². The van der Waals surface area contributed by atoms with Crippen LogP contribution in [0.4, 0.5) is 8.78 Å². The number of hydrogen-bond donors (Lipinski definition) is 2. The fourth-order valence-corrected chi connectivity index (χ4v) is 3.00. The van der Waals surface area contributed by atoms with E-state index >= 15 is 0 Å². The Morgan fingerprint density at radius 3 is 2.57 bits per heavy atom. The number of amides is 1. The number of benzene rings is 1. The largest absolute Gasteiger partial charge is 0.352 e. The van der Waals surface area contributed by atoms with Crippen molar-refractivity contribution in [2.24, 2.45) is 11.7 Å². The Bertz CT molecular complexity index is 487. The van der Waals surface area contributed by atoms with Crippen LogP contribution in [-0.4, -0.2) is 18.5 Å². The van der Waals surface area contributed by atoms with E-state index in [2.05, 4.69) is 5.32 Å². The molecule has 0 radical (unpaired) electrons. The maximum absolute atomic E-state index is 13.1. The molecule has 1 unspecified atom stereocenters. The Morgan fingerprint density at radius 1 is 1.24 bits per heavy atom. The Hall–Kier alpha value is -1.49. The van der Waals surface area contributed by atoms with Gasteiger partial charge >= 0.3 is 0 Å². The summed E-state index contributed by atoms with van der Waals surface area (Å²) in [4.78, 5) is 12.0. The van der Waals surface area contributed by atoms with Crippen molar-refractivity contribution >= 4 is 5.91 Å². The summed E-state index contributed by atoms with van der Waals surface area (Å²) in [6.45, 7) is 0.411. The van der Waals surface area contributed by atoms with E-state index in [9.17, 15) is 13.6 Å². The molecule has 0 saturated heterocycles. The summed E-state index contributed by atoms with van der Waals surface area (Å²) in [5, 5.41) is 2.94. The lowest BCUT2D eigenvalue weighted by Gasteiger charge is -2.30. The predicted octanol–water partition coefficient (Wildman–Crippen LogP) is 2.53. The Morgan fingerprint density at radius 2 is 1.95 bits per heavy atom. The second-order valence-electron chi connectivity index (χ2n) is 5.73. The summed E-state index contributed by atoms with van der Waals surface area (Å²) in [5.74, 6) is -1.59. The van der Waals surface area contributed by atoms with Gasteiger partial charge < -0.3 is 11.1 Å². The number of hydrogen-bond acceptors (Lipinski definition) is 2. The highest BCUT2D eigenvalue weighted by atomic mass is 19.2. The van der Waals surface area contributed by atoms with Crippen molar-refractivity contribution in [1.29, 1.82) is 0 Å². The molecule has 1 atom stereocenters. The van der Waals surface area contributed by atoms with E-state index in [0.717, 1.165) is 25.0 Å². The molecule has 0 heterocycles. The average molecular weight is 296 g/mol. The molecule has 21 heavy (non-hydrogen) atoms. The number of halogens is 2. The molecule has 0 spiro atoms. The van der Waals surface area contributed by atoms with Gasteiger partial charge in [-0.3, -0.25) is 4.79 Å². The van der Waals surface area contributed by atoms with Crippen molar-refractivity contribution < 1.29 is 13.6 Å². The van der Waals surface area contributed by atoms with Crippen molar-refractivity contribution in [2.75, 3.05) is 6.54 Å². The van der Waals surface area contributed by atoms with Crippen molar-refractivity contribution in [1.82, 2.24) is 5.32 Å². The zero-order valence-electron chi connectivity index (χ0n) is 12.1. The highest BCUT2D eigenvalue weighted by molar-refractivity contribution is 5.78. The van der Waals surface area contributed by atoms with Crippen LogP contribution in [0.1, 0.15) is 37.7 Å². The third-order valence-electron chi connectivity index (χ3n) is 4.17. The number of carbonyl (C=O) groups is 1. The lowest BCUT2D eigenvalue weighted by molar-refractivity contribution is -0.121. The normalized spacial score (nSPS) is 17.5. The van der Waals surface area contributed by atoms with Crippen molar-refractivity contribution in [3.8, 4) is 0 Å². The van der Waals surface area contributed by atoms with E-state index in [1.54, 1.807) is 0 Å². The maximum atomic E-state index is 13.1. The van der Waals surface area contributed by atoms with E-state index in [-0.39, 0.29) is 18.4 Å². The number of nitrogens with two attached hydrogens (primary N) is 1. The molecular formula is C16H22F2N2O. The molecule has 2 rings (SSSR count). The smallest absolute Gasteiger partial charge is 0.224 e. The molecule has 1 aromatic rings. The second-order valence-corrected chi connectivity index (χ2v) is 5.73. The Balaban J connectivity index is 1.91. The van der Waals surface area contributed by atoms with Gasteiger partial charge in [0, 0.05) is 12.6 Å². The number of nitrogens with one attached hydrogen (secondary N) is 1. The molecule has 0 aliphatic heterocycles. The van der Waals surface area contributed by atoms with E-state index in [1.165, 1.54) is 25.3 Å². The first-order valence-electron chi connectivity index (χ1n) is 7.53. The van der Waals surface area contributed by atoms with E-state index in [1.807, 2.05) is 0 Å². The van der Waals surface area contributed by atoms with Gasteiger partial charge in [-0.05, 0) is 36.5 Å². The van der Waals surface area contributed by atoms with E-state index in [4.69, 9.17) is 5.73 Å². The van der Waals surface area contributed by atoms with Gasteiger partial charge in [0.2, 0.25) is 5.91 Å². The van der Waals surface area contributed by atoms with Crippen LogP contribution in [0.2, 0.25) is 0 Å². The minimum absolute atomic E-state index is 0.0249. The van der Waals surface area contributed by atoms with Gasteiger partial charge in [0.1, 0.15) is 0 Å². The summed E-state index contributed by atoms with van der Waals surface area (Å²) >= 11 is 0. The highest BCUT2D eigenvalue weighted by Crippen LogP contribution is 2.26. The quantitative estimate of drug-likeness (QED) is 0.877. The SMILES string of the molecule is NCC(NC(=O)Cc1ccc(F)c(F)c1)C1CCCCC1. The third kappa shape index (κ3) is 4.49. The summed E-state index contributed by atoms with van der Waals surface area (Å²) in [5.41, 5.74) is 6.23. The maximum Gasteiger partial charge on any atom is 0.224 e. The summed E-state index contributed by atoms with van der Waals surface area (Å²) in [7, 11) is 0. The fraction of sp³-hybridized carbons (Fsp3) is 0.562. The zero-order valence-corrected chi connectivity index (χ0v) is 12.1. The van der Waals surface area contributed by atoms with E-state index in [0.29, 0.717) is 18.0 Å². The first kappa shape index (κ1) is 15.9. The molecule has 1 aliphatic carbocycles. The Labute approximate surface area is 123 Å². The molecule has 0 aromatic heterocycles. The first-order chi connectivity index (χ1) is 10.1. The molecule has 3 N–H and O–H groups in total. The Kier molecular flexibility index (Phi) is 5.67. The van der Waals surface area contributed by atoms with Crippen LogP contribution in [-0.2, 0) is 11.2 Å². The monoisotopic (exact) mass is 296 g/mol. The lowest BCUT2D eigenvalue weighted by Crippen LogP contribution is -2.46. The van der Waals surface area contributed by atoms with Crippen LogP contribution >= 0.6 is 0 Å². The van der Waals surface area contributed by atoms with Gasteiger partial charge in [-0.25, -0.2) is 8.78 Å². The van der Waals surface area contributed by atoms with Gasteiger partial charge in [-0.2, -0.15) is 0 Å². The van der Waals surface area contributed by atoms with Gasteiger partial charge in [0.15, 0.2) is 11.6 Å². The highest BCUT2D eigenvalue weighted by Gasteiger charge is 2.24. The molecule has 0 bridgehead atoms. The van der Waals surface area contributed by atoms with Crippen molar-refractivity contribution in [2.45, 2.75) is 44.6 Å². The summed E-state index contributed by atoms with van der Waals surface area (Å²) in [6, 6.07) is 3.51. The van der Waals surface area contributed by atoms with Gasteiger partial charge in [0.05, 0.1) is 6.42 Å². The van der Waals surface area contributed by atoms with Gasteiger partial charge in [-0.1, -0.05) is 25.3 Å². The average Bonchev–Trinajstić information content (AvgIpc) is 2.49. The minimum Gasteiger partial charge on any atom is -0.352 e. The molecule has 1 aromatic carbocycles. The third-order valence-corrected chi connectivity index (χ3v) is 4.17. The van der Waals surface area contributed by atoms with Crippen LogP contribution < -0.4 is 11.1 Å². The zero-order chi connectivity index (χ0) is 15.2. The summed E-state index contributed by atoms with van der Waals surface area (Å²) < 4.78 is 26.0. The molecular weight excluding hydrogens is 274 g/mol. The molecule has 3 nitrogen and oxygen atoms in total. The van der Waals surface area contributed by atoms with Crippen LogP contribution in [0.25, 0.3) is 0 Å². The predicted molar refractivity (Wildman–Crippen MR) is 77.6 cm³/mol.